The van der Waals surface area contributed by atoms with E-state index in [1.54, 1.807) is 0 Å². The molecule has 0 unspecified atom stereocenters. The minimum Gasteiger partial charge on any atom is -0.456 e. The summed E-state index contributed by atoms with van der Waals surface area (Å²) in [6, 6.07) is 71.9. The summed E-state index contributed by atoms with van der Waals surface area (Å²) in [6.07, 6.45) is 0. The molecule has 1 aromatic heterocycles. The molecular weight excluding hydrogens is 631 g/mol. The van der Waals surface area contributed by atoms with Crippen molar-refractivity contribution >= 4 is 60.5 Å². The van der Waals surface area contributed by atoms with Gasteiger partial charge in [-0.25, -0.2) is 0 Å². The van der Waals surface area contributed by atoms with E-state index in [-0.39, 0.29) is 0 Å². The van der Waals surface area contributed by atoms with Crippen molar-refractivity contribution in [3.8, 4) is 33.4 Å². The van der Waals surface area contributed by atoms with Crippen LogP contribution in [-0.2, 0) is 0 Å². The van der Waals surface area contributed by atoms with Crippen LogP contribution in [0.4, 0.5) is 17.1 Å². The molecule has 0 atom stereocenters. The van der Waals surface area contributed by atoms with Crippen molar-refractivity contribution in [2.45, 2.75) is 0 Å². The lowest BCUT2D eigenvalue weighted by atomic mass is 9.96. The number of anilines is 3. The molecule has 0 saturated carbocycles. The van der Waals surface area contributed by atoms with Gasteiger partial charge in [0.15, 0.2) is 0 Å². The highest BCUT2D eigenvalue weighted by Crippen LogP contribution is 2.41. The van der Waals surface area contributed by atoms with E-state index in [0.717, 1.165) is 39.0 Å². The number of furan rings is 1. The van der Waals surface area contributed by atoms with Gasteiger partial charge in [-0.1, -0.05) is 133 Å². The van der Waals surface area contributed by atoms with Crippen LogP contribution in [0.5, 0.6) is 0 Å². The summed E-state index contributed by atoms with van der Waals surface area (Å²) >= 11 is 0. The maximum absolute atomic E-state index is 6.22. The van der Waals surface area contributed by atoms with Crippen LogP contribution in [-0.4, -0.2) is 0 Å². The molecule has 10 aromatic rings. The van der Waals surface area contributed by atoms with E-state index in [2.05, 4.69) is 193 Å². The van der Waals surface area contributed by atoms with Crippen molar-refractivity contribution in [2.75, 3.05) is 4.90 Å². The fourth-order valence-electron chi connectivity index (χ4n) is 7.54. The number of benzene rings is 9. The minimum absolute atomic E-state index is 0.887. The first-order chi connectivity index (χ1) is 25.7. The van der Waals surface area contributed by atoms with E-state index in [1.165, 1.54) is 54.9 Å². The number of nitrogens with zero attached hydrogens (tertiary/aromatic N) is 1. The number of para-hydroxylation sites is 1. The topological polar surface area (TPSA) is 16.4 Å². The van der Waals surface area contributed by atoms with Crippen molar-refractivity contribution in [1.82, 2.24) is 0 Å². The summed E-state index contributed by atoms with van der Waals surface area (Å²) in [5.74, 6) is 0. The average molecular weight is 664 g/mol. The third-order valence-electron chi connectivity index (χ3n) is 10.2. The molecule has 0 radical (unpaired) electrons. The van der Waals surface area contributed by atoms with Gasteiger partial charge >= 0.3 is 0 Å². The van der Waals surface area contributed by atoms with Gasteiger partial charge in [0.05, 0.1) is 0 Å². The second-order valence-corrected chi connectivity index (χ2v) is 13.4. The van der Waals surface area contributed by atoms with Gasteiger partial charge in [-0.2, -0.15) is 0 Å². The fourth-order valence-corrected chi connectivity index (χ4v) is 7.54. The molecule has 0 spiro atoms. The normalized spacial score (nSPS) is 11.5. The summed E-state index contributed by atoms with van der Waals surface area (Å²) in [7, 11) is 0. The molecule has 0 aliphatic carbocycles. The molecular formula is C50H33NO. The fraction of sp³-hybridized carbons (Fsp3) is 0. The van der Waals surface area contributed by atoms with E-state index in [0.29, 0.717) is 0 Å². The molecule has 2 nitrogen and oxygen atoms in total. The lowest BCUT2D eigenvalue weighted by Gasteiger charge is -2.26. The maximum atomic E-state index is 6.22. The molecule has 2 heteroatoms. The first kappa shape index (κ1) is 30.0. The minimum atomic E-state index is 0.887. The molecule has 9 aromatic carbocycles. The highest BCUT2D eigenvalue weighted by atomic mass is 16.3. The van der Waals surface area contributed by atoms with Crippen molar-refractivity contribution in [3.63, 3.8) is 0 Å². The third-order valence-corrected chi connectivity index (χ3v) is 10.2. The molecule has 244 valence electrons. The Bertz CT molecular complexity index is 2910. The SMILES string of the molecule is c1ccc(-c2cccc(N(c3ccc4ccc(-c5ccc6cc(-c7ccccc7)ccc6c5)cc4c3)c3ccc4oc5ccccc5c4c3)c2)cc1. The van der Waals surface area contributed by atoms with Gasteiger partial charge in [0.2, 0.25) is 0 Å². The number of hydrogen-bond donors (Lipinski definition) is 0. The van der Waals surface area contributed by atoms with E-state index < -0.39 is 0 Å². The van der Waals surface area contributed by atoms with Gasteiger partial charge in [0.25, 0.3) is 0 Å². The number of rotatable bonds is 6. The van der Waals surface area contributed by atoms with Crippen molar-refractivity contribution in [2.24, 2.45) is 0 Å². The summed E-state index contributed by atoms with van der Waals surface area (Å²) in [5, 5.41) is 7.09. The first-order valence-corrected chi connectivity index (χ1v) is 17.7. The van der Waals surface area contributed by atoms with Crippen LogP contribution in [0.2, 0.25) is 0 Å². The summed E-state index contributed by atoms with van der Waals surface area (Å²) in [6.45, 7) is 0. The van der Waals surface area contributed by atoms with Crippen LogP contribution >= 0.6 is 0 Å². The lowest BCUT2D eigenvalue weighted by molar-refractivity contribution is 0.669. The molecule has 0 aliphatic rings. The Morgan fingerprint density at radius 2 is 0.769 bits per heavy atom. The molecule has 0 bridgehead atoms. The maximum Gasteiger partial charge on any atom is 0.135 e. The molecule has 10 rings (SSSR count). The van der Waals surface area contributed by atoms with Gasteiger partial charge in [0.1, 0.15) is 11.2 Å². The predicted octanol–water partition coefficient (Wildman–Crippen LogP) is 14.4. The highest BCUT2D eigenvalue weighted by molar-refractivity contribution is 6.07. The van der Waals surface area contributed by atoms with Gasteiger partial charge in [-0.3, -0.25) is 0 Å². The Morgan fingerprint density at radius 1 is 0.269 bits per heavy atom. The zero-order valence-electron chi connectivity index (χ0n) is 28.4. The molecule has 52 heavy (non-hydrogen) atoms. The molecule has 0 amide bonds. The Hall–Kier alpha value is -6.90. The van der Waals surface area contributed by atoms with E-state index >= 15 is 0 Å². The average Bonchev–Trinajstić information content (AvgIpc) is 3.59. The Balaban J connectivity index is 1.09. The van der Waals surface area contributed by atoms with Crippen LogP contribution in [0, 0.1) is 0 Å². The monoisotopic (exact) mass is 663 g/mol. The molecule has 0 saturated heterocycles. The second kappa shape index (κ2) is 12.5. The summed E-state index contributed by atoms with van der Waals surface area (Å²) < 4.78 is 6.22. The first-order valence-electron chi connectivity index (χ1n) is 17.7. The zero-order chi connectivity index (χ0) is 34.4. The predicted molar refractivity (Wildman–Crippen MR) is 220 cm³/mol. The third kappa shape index (κ3) is 5.39. The smallest absolute Gasteiger partial charge is 0.135 e. The van der Waals surface area contributed by atoms with E-state index in [4.69, 9.17) is 4.42 Å². The van der Waals surface area contributed by atoms with E-state index in [1.807, 2.05) is 12.1 Å². The number of hydrogen-bond acceptors (Lipinski definition) is 2. The van der Waals surface area contributed by atoms with Crippen LogP contribution in [0.1, 0.15) is 0 Å². The van der Waals surface area contributed by atoms with Gasteiger partial charge in [0, 0.05) is 27.8 Å². The summed E-state index contributed by atoms with van der Waals surface area (Å²) in [4.78, 5) is 2.36. The van der Waals surface area contributed by atoms with Crippen molar-refractivity contribution in [1.29, 1.82) is 0 Å². The Kier molecular flexibility index (Phi) is 7.18. The highest BCUT2D eigenvalue weighted by Gasteiger charge is 2.17. The molecule has 0 aliphatic heterocycles. The standard InChI is InChI=1S/C50H33NO/c1-3-10-34(11-4-1)37-14-9-15-44(31-37)51(46-26-27-50-48(33-46)47-16-7-8-17-49(47)52-50)45-25-24-36-18-19-42(30-43(36)32-45)41-23-22-39-28-38(20-21-40(39)29-41)35-12-5-2-6-13-35/h1-33H. The zero-order valence-corrected chi connectivity index (χ0v) is 28.4. The van der Waals surface area contributed by atoms with Crippen LogP contribution in [0.3, 0.4) is 0 Å². The van der Waals surface area contributed by atoms with Gasteiger partial charge in [-0.05, 0) is 122 Å². The van der Waals surface area contributed by atoms with Crippen LogP contribution < -0.4 is 4.90 Å². The van der Waals surface area contributed by atoms with E-state index in [9.17, 15) is 0 Å². The largest absolute Gasteiger partial charge is 0.456 e. The number of fused-ring (bicyclic) bond motifs is 5. The van der Waals surface area contributed by atoms with Crippen molar-refractivity contribution in [3.05, 3.63) is 200 Å². The lowest BCUT2D eigenvalue weighted by Crippen LogP contribution is -2.10. The Morgan fingerprint density at radius 3 is 1.50 bits per heavy atom. The van der Waals surface area contributed by atoms with Crippen LogP contribution in [0.15, 0.2) is 205 Å². The van der Waals surface area contributed by atoms with Crippen molar-refractivity contribution < 1.29 is 4.42 Å². The molecule has 1 heterocycles. The van der Waals surface area contributed by atoms with Crippen LogP contribution in [0.25, 0.3) is 76.9 Å². The molecule has 0 fully saturated rings. The second-order valence-electron chi connectivity index (χ2n) is 13.4. The Labute approximate surface area is 302 Å². The quantitative estimate of drug-likeness (QED) is 0.176. The molecule has 0 N–H and O–H groups in total. The van der Waals surface area contributed by atoms with Gasteiger partial charge < -0.3 is 9.32 Å². The van der Waals surface area contributed by atoms with Gasteiger partial charge in [-0.15, -0.1) is 0 Å². The summed E-state index contributed by atoms with van der Waals surface area (Å²) in [5.41, 5.74) is 12.3.